The molecule has 0 amide bonds. The van der Waals surface area contributed by atoms with Gasteiger partial charge in [-0.05, 0) is 42.8 Å². The van der Waals surface area contributed by atoms with Gasteiger partial charge in [0.25, 0.3) is 0 Å². The molecule has 0 atom stereocenters. The van der Waals surface area contributed by atoms with Crippen LogP contribution >= 0.6 is 11.6 Å². The van der Waals surface area contributed by atoms with Gasteiger partial charge in [0.2, 0.25) is 10.0 Å². The van der Waals surface area contributed by atoms with E-state index >= 15 is 0 Å². The van der Waals surface area contributed by atoms with E-state index in [1.165, 1.54) is 0 Å². The first-order chi connectivity index (χ1) is 12.6. The van der Waals surface area contributed by atoms with Crippen molar-refractivity contribution in [2.45, 2.75) is 18.0 Å². The Bertz CT molecular complexity index is 940. The van der Waals surface area contributed by atoms with Crippen LogP contribution in [-0.2, 0) is 16.2 Å². The molecule has 27 heavy (non-hydrogen) atoms. The summed E-state index contributed by atoms with van der Waals surface area (Å²) in [6.07, 6.45) is -4.81. The molecule has 0 unspecified atom stereocenters. The van der Waals surface area contributed by atoms with Crippen molar-refractivity contribution in [1.82, 2.24) is 4.31 Å². The van der Waals surface area contributed by atoms with Crippen LogP contribution in [0.5, 0.6) is 0 Å². The van der Waals surface area contributed by atoms with Crippen molar-refractivity contribution in [3.05, 3.63) is 58.6 Å². The molecule has 1 aliphatic rings. The second-order valence-corrected chi connectivity index (χ2v) is 8.71. The Hall–Kier alpha value is -1.77. The topological polar surface area (TPSA) is 40.6 Å². The van der Waals surface area contributed by atoms with E-state index in [2.05, 4.69) is 0 Å². The van der Waals surface area contributed by atoms with Gasteiger partial charge >= 0.3 is 6.18 Å². The normalized spacial score (nSPS) is 16.6. The molecule has 0 spiro atoms. The Labute approximate surface area is 161 Å². The number of hydrogen-bond acceptors (Lipinski definition) is 3. The Morgan fingerprint density at radius 3 is 2.26 bits per heavy atom. The van der Waals surface area contributed by atoms with Crippen molar-refractivity contribution in [2.24, 2.45) is 0 Å². The van der Waals surface area contributed by atoms with E-state index in [1.807, 2.05) is 36.1 Å². The lowest BCUT2D eigenvalue weighted by Crippen LogP contribution is -2.49. The van der Waals surface area contributed by atoms with Crippen molar-refractivity contribution in [2.75, 3.05) is 31.1 Å². The highest BCUT2D eigenvalue weighted by Gasteiger charge is 2.40. The van der Waals surface area contributed by atoms with Crippen LogP contribution in [0.25, 0.3) is 0 Å². The summed E-state index contributed by atoms with van der Waals surface area (Å²) in [7, 11) is -4.28. The summed E-state index contributed by atoms with van der Waals surface area (Å²) < 4.78 is 66.6. The second kappa shape index (κ2) is 7.33. The van der Waals surface area contributed by atoms with Gasteiger partial charge in [-0.15, -0.1) is 0 Å². The first-order valence-corrected chi connectivity index (χ1v) is 10.1. The molecule has 1 heterocycles. The number of hydrogen-bond donors (Lipinski definition) is 0. The zero-order chi connectivity index (χ0) is 19.8. The fourth-order valence-corrected chi connectivity index (χ4v) is 4.89. The van der Waals surface area contributed by atoms with Crippen LogP contribution < -0.4 is 4.90 Å². The molecule has 2 aromatic carbocycles. The molecule has 1 aliphatic heterocycles. The largest absolute Gasteiger partial charge is 0.417 e. The molecule has 0 saturated carbocycles. The SMILES string of the molecule is Cc1cccc(N2CCN(S(=O)(=O)c3ccc(Cl)cc3C(F)(F)F)CC2)c1. The number of sulfonamides is 1. The smallest absolute Gasteiger partial charge is 0.369 e. The molecule has 9 heteroatoms. The second-order valence-electron chi connectivity index (χ2n) is 6.37. The Morgan fingerprint density at radius 1 is 1.00 bits per heavy atom. The number of benzene rings is 2. The van der Waals surface area contributed by atoms with Crippen LogP contribution in [0.1, 0.15) is 11.1 Å². The molecule has 1 fully saturated rings. The summed E-state index contributed by atoms with van der Waals surface area (Å²) in [6, 6.07) is 10.5. The van der Waals surface area contributed by atoms with Gasteiger partial charge in [-0.2, -0.15) is 17.5 Å². The molecular formula is C18H18ClF3N2O2S. The van der Waals surface area contributed by atoms with Crippen molar-refractivity contribution in [3.8, 4) is 0 Å². The Balaban J connectivity index is 1.84. The van der Waals surface area contributed by atoms with Crippen LogP contribution in [0.4, 0.5) is 18.9 Å². The lowest BCUT2D eigenvalue weighted by Gasteiger charge is -2.35. The third-order valence-corrected chi connectivity index (χ3v) is 6.66. The van der Waals surface area contributed by atoms with Crippen LogP contribution in [0.3, 0.4) is 0 Å². The number of rotatable bonds is 3. The van der Waals surface area contributed by atoms with E-state index in [9.17, 15) is 21.6 Å². The first kappa shape index (κ1) is 20.0. The quantitative estimate of drug-likeness (QED) is 0.750. The summed E-state index contributed by atoms with van der Waals surface area (Å²) in [5.41, 5.74) is 0.809. The minimum absolute atomic E-state index is 0.107. The maximum Gasteiger partial charge on any atom is 0.417 e. The minimum atomic E-state index is -4.81. The molecule has 4 nitrogen and oxygen atoms in total. The molecule has 0 radical (unpaired) electrons. The number of alkyl halides is 3. The molecule has 3 rings (SSSR count). The van der Waals surface area contributed by atoms with Crippen molar-refractivity contribution >= 4 is 27.3 Å². The van der Waals surface area contributed by atoms with Crippen LogP contribution in [0.15, 0.2) is 47.4 Å². The van der Waals surface area contributed by atoms with Crippen molar-refractivity contribution in [3.63, 3.8) is 0 Å². The molecular weight excluding hydrogens is 401 g/mol. The van der Waals surface area contributed by atoms with Crippen LogP contribution in [0, 0.1) is 6.92 Å². The average molecular weight is 419 g/mol. The molecule has 0 bridgehead atoms. The van der Waals surface area contributed by atoms with Gasteiger partial charge in [-0.25, -0.2) is 8.42 Å². The molecule has 0 aliphatic carbocycles. The van der Waals surface area contributed by atoms with Gasteiger partial charge in [0, 0.05) is 36.9 Å². The predicted octanol–water partition coefficient (Wildman–Crippen LogP) is 4.18. The summed E-state index contributed by atoms with van der Waals surface area (Å²) in [5.74, 6) is 0. The van der Waals surface area contributed by atoms with Gasteiger partial charge in [-0.1, -0.05) is 23.7 Å². The number of aryl methyl sites for hydroxylation is 1. The summed E-state index contributed by atoms with van der Waals surface area (Å²) in [5, 5.41) is -0.162. The van der Waals surface area contributed by atoms with E-state index in [4.69, 9.17) is 11.6 Å². The summed E-state index contributed by atoms with van der Waals surface area (Å²) in [4.78, 5) is 1.26. The van der Waals surface area contributed by atoms with Crippen molar-refractivity contribution < 1.29 is 21.6 Å². The third-order valence-electron chi connectivity index (χ3n) is 4.47. The highest BCUT2D eigenvalue weighted by Crippen LogP contribution is 2.37. The van der Waals surface area contributed by atoms with E-state index in [-0.39, 0.29) is 18.1 Å². The van der Waals surface area contributed by atoms with Gasteiger partial charge < -0.3 is 4.90 Å². The molecule has 146 valence electrons. The molecule has 2 aromatic rings. The van der Waals surface area contributed by atoms with Crippen LogP contribution in [0.2, 0.25) is 5.02 Å². The highest BCUT2D eigenvalue weighted by atomic mass is 35.5. The minimum Gasteiger partial charge on any atom is -0.369 e. The fraction of sp³-hybridized carbons (Fsp3) is 0.333. The monoisotopic (exact) mass is 418 g/mol. The van der Waals surface area contributed by atoms with Gasteiger partial charge in [0.15, 0.2) is 0 Å². The Morgan fingerprint density at radius 2 is 1.67 bits per heavy atom. The van der Waals surface area contributed by atoms with Crippen LogP contribution in [-0.4, -0.2) is 38.9 Å². The lowest BCUT2D eigenvalue weighted by molar-refractivity contribution is -0.139. The molecule has 0 N–H and O–H groups in total. The number of halogens is 4. The Kier molecular flexibility index (Phi) is 5.42. The fourth-order valence-electron chi connectivity index (χ4n) is 3.10. The molecule has 1 saturated heterocycles. The number of piperazine rings is 1. The maximum absolute atomic E-state index is 13.3. The average Bonchev–Trinajstić information content (AvgIpc) is 2.61. The van der Waals surface area contributed by atoms with E-state index in [1.54, 1.807) is 0 Å². The lowest BCUT2D eigenvalue weighted by atomic mass is 10.2. The van der Waals surface area contributed by atoms with Gasteiger partial charge in [-0.3, -0.25) is 0 Å². The standard InChI is InChI=1S/C18H18ClF3N2O2S/c1-13-3-2-4-15(11-13)23-7-9-24(10-8-23)27(25,26)17-6-5-14(19)12-16(17)18(20,21)22/h2-6,11-12H,7-10H2,1H3. The number of nitrogens with zero attached hydrogens (tertiary/aromatic N) is 2. The molecule has 0 aromatic heterocycles. The zero-order valence-electron chi connectivity index (χ0n) is 14.5. The summed E-state index contributed by atoms with van der Waals surface area (Å²) >= 11 is 5.64. The van der Waals surface area contributed by atoms with Crippen molar-refractivity contribution in [1.29, 1.82) is 0 Å². The van der Waals surface area contributed by atoms with E-state index < -0.39 is 26.7 Å². The summed E-state index contributed by atoms with van der Waals surface area (Å²) in [6.45, 7) is 2.98. The first-order valence-electron chi connectivity index (χ1n) is 8.27. The zero-order valence-corrected chi connectivity index (χ0v) is 16.1. The van der Waals surface area contributed by atoms with E-state index in [0.29, 0.717) is 19.2 Å². The van der Waals surface area contributed by atoms with E-state index in [0.717, 1.165) is 27.7 Å². The highest BCUT2D eigenvalue weighted by molar-refractivity contribution is 7.89. The number of anilines is 1. The maximum atomic E-state index is 13.3. The predicted molar refractivity (Wildman–Crippen MR) is 98.6 cm³/mol. The van der Waals surface area contributed by atoms with Gasteiger partial charge in [0.05, 0.1) is 10.5 Å². The van der Waals surface area contributed by atoms with Gasteiger partial charge in [0.1, 0.15) is 0 Å². The third kappa shape index (κ3) is 4.23.